The zero-order chi connectivity index (χ0) is 13.9. The van der Waals surface area contributed by atoms with Gasteiger partial charge in [0.15, 0.2) is 0 Å². The van der Waals surface area contributed by atoms with Gasteiger partial charge in [0.2, 0.25) is 10.0 Å². The van der Waals surface area contributed by atoms with Crippen molar-refractivity contribution in [1.82, 2.24) is 10.0 Å². The molecule has 0 aromatic heterocycles. The van der Waals surface area contributed by atoms with Crippen molar-refractivity contribution >= 4 is 50.0 Å². The van der Waals surface area contributed by atoms with Gasteiger partial charge in [0.25, 0.3) is 0 Å². The Bertz CT molecular complexity index is 548. The Balaban J connectivity index is 0.00000200. The van der Waals surface area contributed by atoms with Gasteiger partial charge in [-0.25, -0.2) is 13.1 Å². The second-order valence-electron chi connectivity index (χ2n) is 4.64. The molecule has 0 aliphatic carbocycles. The van der Waals surface area contributed by atoms with Crippen LogP contribution in [0.1, 0.15) is 12.8 Å². The molecule has 2 rings (SSSR count). The van der Waals surface area contributed by atoms with E-state index in [0.29, 0.717) is 22.0 Å². The highest BCUT2D eigenvalue weighted by molar-refractivity contribution is 9.10. The smallest absolute Gasteiger partial charge is 0.241 e. The summed E-state index contributed by atoms with van der Waals surface area (Å²) in [7, 11) is -3.49. The lowest BCUT2D eigenvalue weighted by molar-refractivity contribution is 0.376. The van der Waals surface area contributed by atoms with Crippen molar-refractivity contribution in [3.05, 3.63) is 27.7 Å². The van der Waals surface area contributed by atoms with Gasteiger partial charge >= 0.3 is 0 Å². The van der Waals surface area contributed by atoms with Crippen LogP contribution >= 0.6 is 39.9 Å². The van der Waals surface area contributed by atoms with E-state index in [9.17, 15) is 8.42 Å². The third-order valence-electron chi connectivity index (χ3n) is 3.14. The molecule has 1 saturated heterocycles. The summed E-state index contributed by atoms with van der Waals surface area (Å²) < 4.78 is 27.5. The minimum Gasteiger partial charge on any atom is -0.316 e. The van der Waals surface area contributed by atoms with E-state index in [4.69, 9.17) is 11.6 Å². The Hall–Kier alpha value is 0.150. The van der Waals surface area contributed by atoms with E-state index in [1.54, 1.807) is 12.1 Å². The molecule has 1 heterocycles. The van der Waals surface area contributed by atoms with Crippen LogP contribution in [0.4, 0.5) is 0 Å². The highest BCUT2D eigenvalue weighted by Crippen LogP contribution is 2.25. The SMILES string of the molecule is Cl.O=S(=O)(NCC1CCCNC1)c1ccc(Cl)cc1Br. The number of sulfonamides is 1. The number of hydrogen-bond acceptors (Lipinski definition) is 3. The molecule has 8 heteroatoms. The molecule has 1 aliphatic heterocycles. The van der Waals surface area contributed by atoms with Crippen molar-refractivity contribution in [2.24, 2.45) is 5.92 Å². The Morgan fingerprint density at radius 3 is 2.80 bits per heavy atom. The van der Waals surface area contributed by atoms with E-state index < -0.39 is 10.0 Å². The number of nitrogens with one attached hydrogen (secondary N) is 2. The molecule has 114 valence electrons. The molecule has 0 saturated carbocycles. The molecule has 0 radical (unpaired) electrons. The Morgan fingerprint density at radius 1 is 1.45 bits per heavy atom. The average Bonchev–Trinajstić information content (AvgIpc) is 2.37. The van der Waals surface area contributed by atoms with Crippen molar-refractivity contribution in [1.29, 1.82) is 0 Å². The first-order chi connectivity index (χ1) is 8.99. The fourth-order valence-corrected chi connectivity index (χ4v) is 4.59. The van der Waals surface area contributed by atoms with Gasteiger partial charge < -0.3 is 5.32 Å². The molecule has 20 heavy (non-hydrogen) atoms. The predicted molar refractivity (Wildman–Crippen MR) is 87.2 cm³/mol. The third kappa shape index (κ3) is 4.86. The maximum Gasteiger partial charge on any atom is 0.241 e. The van der Waals surface area contributed by atoms with Crippen LogP contribution in [0.5, 0.6) is 0 Å². The van der Waals surface area contributed by atoms with E-state index in [1.165, 1.54) is 6.07 Å². The largest absolute Gasteiger partial charge is 0.316 e. The van der Waals surface area contributed by atoms with Crippen molar-refractivity contribution in [3.8, 4) is 0 Å². The topological polar surface area (TPSA) is 58.2 Å². The van der Waals surface area contributed by atoms with Crippen LogP contribution in [0.15, 0.2) is 27.6 Å². The Morgan fingerprint density at radius 2 is 2.20 bits per heavy atom. The number of hydrogen-bond donors (Lipinski definition) is 2. The zero-order valence-corrected chi connectivity index (χ0v) is 14.7. The summed E-state index contributed by atoms with van der Waals surface area (Å²) in [5.41, 5.74) is 0. The molecule has 1 unspecified atom stereocenters. The maximum atomic E-state index is 12.2. The lowest BCUT2D eigenvalue weighted by Gasteiger charge is -2.22. The number of halogens is 3. The van der Waals surface area contributed by atoms with Crippen molar-refractivity contribution in [2.45, 2.75) is 17.7 Å². The van der Waals surface area contributed by atoms with Crippen LogP contribution < -0.4 is 10.0 Å². The van der Waals surface area contributed by atoms with Gasteiger partial charge in [-0.3, -0.25) is 0 Å². The molecule has 0 bridgehead atoms. The summed E-state index contributed by atoms with van der Waals surface area (Å²) in [4.78, 5) is 0.223. The van der Waals surface area contributed by atoms with Crippen molar-refractivity contribution < 1.29 is 8.42 Å². The van der Waals surface area contributed by atoms with Gasteiger partial charge in [-0.1, -0.05) is 11.6 Å². The fourth-order valence-electron chi connectivity index (χ4n) is 2.10. The quantitative estimate of drug-likeness (QED) is 0.812. The molecule has 1 atom stereocenters. The molecule has 2 N–H and O–H groups in total. The lowest BCUT2D eigenvalue weighted by atomic mass is 10.0. The van der Waals surface area contributed by atoms with Crippen molar-refractivity contribution in [2.75, 3.05) is 19.6 Å². The molecular weight excluding hydrogens is 387 g/mol. The summed E-state index contributed by atoms with van der Waals surface area (Å²) in [6.45, 7) is 2.35. The van der Waals surface area contributed by atoms with Crippen LogP contribution in [0, 0.1) is 5.92 Å². The van der Waals surface area contributed by atoms with Crippen molar-refractivity contribution in [3.63, 3.8) is 0 Å². The third-order valence-corrected chi connectivity index (χ3v) is 5.78. The zero-order valence-electron chi connectivity index (χ0n) is 10.7. The van der Waals surface area contributed by atoms with E-state index in [0.717, 1.165) is 25.9 Å². The second-order valence-corrected chi connectivity index (χ2v) is 7.67. The van der Waals surface area contributed by atoms with Gasteiger partial charge in [0, 0.05) is 16.0 Å². The molecule has 1 fully saturated rings. The maximum absolute atomic E-state index is 12.2. The first kappa shape index (κ1) is 18.2. The highest BCUT2D eigenvalue weighted by atomic mass is 79.9. The van der Waals surface area contributed by atoms with Crippen LogP contribution in [0.3, 0.4) is 0 Å². The second kappa shape index (κ2) is 7.96. The number of benzene rings is 1. The van der Waals surface area contributed by atoms with E-state index >= 15 is 0 Å². The Kier molecular flexibility index (Phi) is 7.24. The van der Waals surface area contributed by atoms with E-state index in [2.05, 4.69) is 26.0 Å². The molecule has 0 spiro atoms. The lowest BCUT2D eigenvalue weighted by Crippen LogP contribution is -2.38. The van der Waals surface area contributed by atoms with Crippen LogP contribution in [-0.4, -0.2) is 28.1 Å². The first-order valence-corrected chi connectivity index (χ1v) is 8.80. The normalized spacial score (nSPS) is 19.4. The summed E-state index contributed by atoms with van der Waals surface area (Å²) in [5, 5.41) is 3.77. The minimum atomic E-state index is -3.49. The molecular formula is C12H17BrCl2N2O2S. The summed E-state index contributed by atoms with van der Waals surface area (Å²) >= 11 is 9.05. The summed E-state index contributed by atoms with van der Waals surface area (Å²) in [6, 6.07) is 4.66. The van der Waals surface area contributed by atoms with Crippen LogP contribution in [0.2, 0.25) is 5.02 Å². The van der Waals surface area contributed by atoms with Crippen LogP contribution in [-0.2, 0) is 10.0 Å². The van der Waals surface area contributed by atoms with Gasteiger partial charge in [-0.2, -0.15) is 0 Å². The molecule has 0 amide bonds. The van der Waals surface area contributed by atoms with Gasteiger partial charge in [0.1, 0.15) is 0 Å². The fraction of sp³-hybridized carbons (Fsp3) is 0.500. The van der Waals surface area contributed by atoms with E-state index in [-0.39, 0.29) is 17.3 Å². The van der Waals surface area contributed by atoms with E-state index in [1.807, 2.05) is 0 Å². The van der Waals surface area contributed by atoms with Crippen LogP contribution in [0.25, 0.3) is 0 Å². The Labute approximate surface area is 139 Å². The standard InChI is InChI=1S/C12H16BrClN2O2S.ClH/c13-11-6-10(14)3-4-12(11)19(17,18)16-8-9-2-1-5-15-7-9;/h3-4,6,9,15-16H,1-2,5,7-8H2;1H. The monoisotopic (exact) mass is 402 g/mol. The van der Waals surface area contributed by atoms with Gasteiger partial charge in [0.05, 0.1) is 4.90 Å². The molecule has 1 aliphatic rings. The molecule has 4 nitrogen and oxygen atoms in total. The number of rotatable bonds is 4. The average molecular weight is 404 g/mol. The first-order valence-electron chi connectivity index (χ1n) is 6.14. The minimum absolute atomic E-state index is 0. The number of piperidine rings is 1. The molecule has 1 aromatic carbocycles. The molecule has 1 aromatic rings. The van der Waals surface area contributed by atoms with Gasteiger partial charge in [-0.05, 0) is 66.0 Å². The summed E-state index contributed by atoms with van der Waals surface area (Å²) in [5.74, 6) is 0.356. The highest BCUT2D eigenvalue weighted by Gasteiger charge is 2.20. The van der Waals surface area contributed by atoms with Gasteiger partial charge in [-0.15, -0.1) is 12.4 Å². The summed E-state index contributed by atoms with van der Waals surface area (Å²) in [6.07, 6.45) is 2.15. The predicted octanol–water partition coefficient (Wildman–Crippen LogP) is 2.80.